The molecule has 0 aliphatic rings. The molecule has 5 nitrogen and oxygen atoms in total. The third-order valence-electron chi connectivity index (χ3n) is 4.63. The molecule has 0 spiro atoms. The average molecular weight is 391 g/mol. The molecule has 4 N–H and O–H groups in total. The summed E-state index contributed by atoms with van der Waals surface area (Å²) >= 11 is 6.43. The zero-order valence-electron chi connectivity index (χ0n) is 15.0. The second-order valence-corrected chi connectivity index (χ2v) is 6.99. The van der Waals surface area contributed by atoms with E-state index in [0.717, 1.165) is 27.7 Å². The number of rotatable bonds is 5. The number of fused-ring (bicyclic) bond motifs is 1. The van der Waals surface area contributed by atoms with Gasteiger partial charge in [-0.15, -0.1) is 0 Å². The molecule has 4 rings (SSSR count). The summed E-state index contributed by atoms with van der Waals surface area (Å²) < 4.78 is 0. The van der Waals surface area contributed by atoms with E-state index >= 15 is 0 Å². The third-order valence-corrected chi connectivity index (χ3v) is 4.95. The molecule has 0 aliphatic heterocycles. The minimum atomic E-state index is -0.655. The first kappa shape index (κ1) is 18.2. The van der Waals surface area contributed by atoms with Crippen LogP contribution in [0.2, 0.25) is 5.02 Å². The van der Waals surface area contributed by atoms with E-state index < -0.39 is 6.04 Å². The van der Waals surface area contributed by atoms with Crippen LogP contribution in [0.1, 0.15) is 5.56 Å². The molecule has 2 aromatic carbocycles. The van der Waals surface area contributed by atoms with E-state index in [1.165, 1.54) is 0 Å². The lowest BCUT2D eigenvalue weighted by molar-refractivity contribution is -0.117. The molecule has 4 aromatic rings. The number of halogens is 1. The van der Waals surface area contributed by atoms with Crippen LogP contribution in [0.25, 0.3) is 22.2 Å². The number of aromatic nitrogens is 2. The van der Waals surface area contributed by atoms with E-state index in [0.29, 0.717) is 17.1 Å². The topological polar surface area (TPSA) is 83.8 Å². The summed E-state index contributed by atoms with van der Waals surface area (Å²) in [6, 6.07) is 18.5. The van der Waals surface area contributed by atoms with E-state index in [4.69, 9.17) is 17.3 Å². The SMILES string of the molecule is N[C@H](Cc1ccccc1)C(=O)Nc1ccc(-c2ccnc3[nH]ccc23)cc1Cl. The van der Waals surface area contributed by atoms with Crippen molar-refractivity contribution >= 4 is 34.2 Å². The summed E-state index contributed by atoms with van der Waals surface area (Å²) in [4.78, 5) is 19.9. The second-order valence-electron chi connectivity index (χ2n) is 6.58. The van der Waals surface area contributed by atoms with Gasteiger partial charge in [-0.1, -0.05) is 48.0 Å². The number of amides is 1. The summed E-state index contributed by atoms with van der Waals surface area (Å²) in [6.45, 7) is 0. The van der Waals surface area contributed by atoms with Crippen molar-refractivity contribution in [1.29, 1.82) is 0 Å². The maximum absolute atomic E-state index is 12.5. The van der Waals surface area contributed by atoms with Gasteiger partial charge in [0.2, 0.25) is 5.91 Å². The summed E-state index contributed by atoms with van der Waals surface area (Å²) in [5, 5.41) is 4.30. The van der Waals surface area contributed by atoms with E-state index in [1.54, 1.807) is 12.3 Å². The molecule has 2 heterocycles. The Bertz CT molecular complexity index is 1120. The molecule has 28 heavy (non-hydrogen) atoms. The quantitative estimate of drug-likeness (QED) is 0.472. The maximum Gasteiger partial charge on any atom is 0.241 e. The number of hydrogen-bond acceptors (Lipinski definition) is 3. The molecular formula is C22H19ClN4O. The van der Waals surface area contributed by atoms with Gasteiger partial charge in [-0.2, -0.15) is 0 Å². The number of carbonyl (C=O) groups is 1. The predicted molar refractivity (Wildman–Crippen MR) is 113 cm³/mol. The minimum Gasteiger partial charge on any atom is -0.346 e. The second kappa shape index (κ2) is 7.84. The van der Waals surface area contributed by atoms with Crippen LogP contribution in [-0.2, 0) is 11.2 Å². The monoisotopic (exact) mass is 390 g/mol. The highest BCUT2D eigenvalue weighted by Crippen LogP contribution is 2.32. The van der Waals surface area contributed by atoms with E-state index in [2.05, 4.69) is 15.3 Å². The van der Waals surface area contributed by atoms with Gasteiger partial charge in [0.1, 0.15) is 5.65 Å². The fraction of sp³-hybridized carbons (Fsp3) is 0.0909. The highest BCUT2D eigenvalue weighted by atomic mass is 35.5. The molecule has 0 saturated carbocycles. The van der Waals surface area contributed by atoms with Gasteiger partial charge in [0, 0.05) is 17.8 Å². The number of nitrogens with two attached hydrogens (primary N) is 1. The lowest BCUT2D eigenvalue weighted by Crippen LogP contribution is -2.37. The van der Waals surface area contributed by atoms with E-state index in [-0.39, 0.29) is 5.91 Å². The van der Waals surface area contributed by atoms with Gasteiger partial charge in [0.15, 0.2) is 0 Å². The van der Waals surface area contributed by atoms with Gasteiger partial charge in [-0.25, -0.2) is 4.98 Å². The molecule has 140 valence electrons. The molecule has 1 atom stereocenters. The lowest BCUT2D eigenvalue weighted by atomic mass is 10.0. The highest BCUT2D eigenvalue weighted by Gasteiger charge is 2.16. The van der Waals surface area contributed by atoms with Crippen molar-refractivity contribution in [3.8, 4) is 11.1 Å². The number of carbonyl (C=O) groups excluding carboxylic acids is 1. The largest absolute Gasteiger partial charge is 0.346 e. The first-order chi connectivity index (χ1) is 13.6. The normalized spacial score (nSPS) is 12.1. The molecule has 0 unspecified atom stereocenters. The van der Waals surface area contributed by atoms with Crippen molar-refractivity contribution in [3.63, 3.8) is 0 Å². The molecule has 0 saturated heterocycles. The van der Waals surface area contributed by atoms with Crippen molar-refractivity contribution in [2.45, 2.75) is 12.5 Å². The van der Waals surface area contributed by atoms with Gasteiger partial charge in [0.05, 0.1) is 16.8 Å². The highest BCUT2D eigenvalue weighted by molar-refractivity contribution is 6.34. The van der Waals surface area contributed by atoms with E-state index in [1.807, 2.05) is 60.8 Å². The zero-order chi connectivity index (χ0) is 19.5. The standard InChI is InChI=1S/C22H19ClN4O/c23-18-13-15(16-8-10-25-21-17(16)9-11-26-21)6-7-20(18)27-22(28)19(24)12-14-4-2-1-3-5-14/h1-11,13,19H,12,24H2,(H,25,26)(H,27,28)/t19-/m1/s1. The molecule has 0 fully saturated rings. The molecule has 2 aromatic heterocycles. The Labute approximate surface area is 167 Å². The summed E-state index contributed by atoms with van der Waals surface area (Å²) in [5.41, 5.74) is 10.4. The van der Waals surface area contributed by atoms with Crippen LogP contribution in [0.15, 0.2) is 73.1 Å². The number of nitrogens with zero attached hydrogens (tertiary/aromatic N) is 1. The number of benzene rings is 2. The van der Waals surface area contributed by atoms with Gasteiger partial charge in [-0.3, -0.25) is 4.79 Å². The molecular weight excluding hydrogens is 372 g/mol. The van der Waals surface area contributed by atoms with Crippen LogP contribution in [0.3, 0.4) is 0 Å². The van der Waals surface area contributed by atoms with Crippen molar-refractivity contribution in [3.05, 3.63) is 83.6 Å². The Hall–Kier alpha value is -3.15. The Morgan fingerprint density at radius 3 is 2.75 bits per heavy atom. The van der Waals surface area contributed by atoms with Crippen LogP contribution < -0.4 is 11.1 Å². The van der Waals surface area contributed by atoms with Crippen LogP contribution in [-0.4, -0.2) is 21.9 Å². The number of hydrogen-bond donors (Lipinski definition) is 3. The van der Waals surface area contributed by atoms with E-state index in [9.17, 15) is 4.79 Å². The molecule has 0 bridgehead atoms. The Kier molecular flexibility index (Phi) is 5.10. The van der Waals surface area contributed by atoms with Gasteiger partial charge >= 0.3 is 0 Å². The lowest BCUT2D eigenvalue weighted by Gasteiger charge is -2.14. The van der Waals surface area contributed by atoms with Crippen LogP contribution >= 0.6 is 11.6 Å². The first-order valence-electron chi connectivity index (χ1n) is 8.94. The van der Waals surface area contributed by atoms with Crippen molar-refractivity contribution in [2.24, 2.45) is 5.73 Å². The molecule has 0 aliphatic carbocycles. The minimum absolute atomic E-state index is 0.268. The maximum atomic E-state index is 12.5. The Morgan fingerprint density at radius 2 is 1.96 bits per heavy atom. The van der Waals surface area contributed by atoms with Gasteiger partial charge in [0.25, 0.3) is 0 Å². The number of aromatic amines is 1. The van der Waals surface area contributed by atoms with Crippen molar-refractivity contribution in [1.82, 2.24) is 9.97 Å². The van der Waals surface area contributed by atoms with Gasteiger partial charge < -0.3 is 16.0 Å². The first-order valence-corrected chi connectivity index (χ1v) is 9.32. The van der Waals surface area contributed by atoms with Crippen molar-refractivity contribution in [2.75, 3.05) is 5.32 Å². The smallest absolute Gasteiger partial charge is 0.241 e. The summed E-state index contributed by atoms with van der Waals surface area (Å²) in [7, 11) is 0. The summed E-state index contributed by atoms with van der Waals surface area (Å²) in [6.07, 6.45) is 4.07. The fourth-order valence-electron chi connectivity index (χ4n) is 3.18. The zero-order valence-corrected chi connectivity index (χ0v) is 15.8. The predicted octanol–water partition coefficient (Wildman–Crippen LogP) is 4.39. The van der Waals surface area contributed by atoms with Gasteiger partial charge in [-0.05, 0) is 47.4 Å². The van der Waals surface area contributed by atoms with Crippen LogP contribution in [0, 0.1) is 0 Å². The molecule has 1 amide bonds. The average Bonchev–Trinajstić information content (AvgIpc) is 3.19. The van der Waals surface area contributed by atoms with Crippen molar-refractivity contribution < 1.29 is 4.79 Å². The Balaban J connectivity index is 1.52. The fourth-order valence-corrected chi connectivity index (χ4v) is 3.41. The molecule has 6 heteroatoms. The molecule has 0 radical (unpaired) electrons. The van der Waals surface area contributed by atoms with Crippen LogP contribution in [0.5, 0.6) is 0 Å². The number of nitrogens with one attached hydrogen (secondary N) is 2. The number of H-pyrrole nitrogens is 1. The third kappa shape index (κ3) is 3.76. The summed E-state index contributed by atoms with van der Waals surface area (Å²) in [5.74, 6) is -0.268. The van der Waals surface area contributed by atoms with Crippen LogP contribution in [0.4, 0.5) is 5.69 Å². The number of anilines is 1. The Morgan fingerprint density at radius 1 is 1.14 bits per heavy atom. The number of pyridine rings is 1.